The van der Waals surface area contributed by atoms with Gasteiger partial charge in [-0.15, -0.1) is 0 Å². The van der Waals surface area contributed by atoms with Gasteiger partial charge in [-0.25, -0.2) is 0 Å². The molecule has 1 aromatic heterocycles. The van der Waals surface area contributed by atoms with Crippen molar-refractivity contribution in [1.82, 2.24) is 10.3 Å². The highest BCUT2D eigenvalue weighted by molar-refractivity contribution is 6.31. The van der Waals surface area contributed by atoms with Crippen LogP contribution >= 0.6 is 11.6 Å². The van der Waals surface area contributed by atoms with Gasteiger partial charge in [0.2, 0.25) is 0 Å². The first kappa shape index (κ1) is 15.4. The zero-order valence-electron chi connectivity index (χ0n) is 11.4. The largest absolute Gasteiger partial charge is 0.385 e. The van der Waals surface area contributed by atoms with E-state index in [1.54, 1.807) is 19.5 Å². The summed E-state index contributed by atoms with van der Waals surface area (Å²) in [4.78, 5) is 4.04. The molecule has 18 heavy (non-hydrogen) atoms. The summed E-state index contributed by atoms with van der Waals surface area (Å²) in [5.74, 6) is 0.469. The Hall–Kier alpha value is -0.640. The summed E-state index contributed by atoms with van der Waals surface area (Å²) in [5.41, 5.74) is 1.13. The zero-order valence-corrected chi connectivity index (χ0v) is 12.2. The third-order valence-electron chi connectivity index (χ3n) is 3.10. The van der Waals surface area contributed by atoms with Gasteiger partial charge in [0.1, 0.15) is 0 Å². The number of pyridine rings is 1. The fraction of sp³-hybridized carbons (Fsp3) is 0.643. The first-order valence-electron chi connectivity index (χ1n) is 6.52. The minimum absolute atomic E-state index is 0.260. The number of nitrogens with zero attached hydrogens (tertiary/aromatic N) is 1. The van der Waals surface area contributed by atoms with E-state index in [0.29, 0.717) is 5.92 Å². The SMILES string of the molecule is CCCNC(c1ccncc1Cl)C(C)CCOC. The van der Waals surface area contributed by atoms with Gasteiger partial charge in [-0.05, 0) is 36.9 Å². The van der Waals surface area contributed by atoms with Crippen LogP contribution in [0.3, 0.4) is 0 Å². The quantitative estimate of drug-likeness (QED) is 0.786. The topological polar surface area (TPSA) is 34.2 Å². The van der Waals surface area contributed by atoms with Gasteiger partial charge in [-0.1, -0.05) is 25.4 Å². The van der Waals surface area contributed by atoms with Crippen LogP contribution < -0.4 is 5.32 Å². The Kier molecular flexibility index (Phi) is 7.25. The standard InChI is InChI=1S/C14H23ClN2O/c1-4-7-17-14(11(2)6-9-18-3)12-5-8-16-10-13(12)15/h5,8,10-11,14,17H,4,6-7,9H2,1-3H3. The van der Waals surface area contributed by atoms with Crippen molar-refractivity contribution in [2.45, 2.75) is 32.7 Å². The molecule has 1 aromatic rings. The van der Waals surface area contributed by atoms with Crippen LogP contribution in [-0.2, 0) is 4.74 Å². The zero-order chi connectivity index (χ0) is 13.4. The van der Waals surface area contributed by atoms with E-state index in [1.165, 1.54) is 0 Å². The van der Waals surface area contributed by atoms with Gasteiger partial charge in [-0.3, -0.25) is 4.98 Å². The molecular weight excluding hydrogens is 248 g/mol. The van der Waals surface area contributed by atoms with Crippen LogP contribution in [0.1, 0.15) is 38.3 Å². The van der Waals surface area contributed by atoms with Gasteiger partial charge in [0.25, 0.3) is 0 Å². The van der Waals surface area contributed by atoms with Gasteiger partial charge in [0.05, 0.1) is 5.02 Å². The van der Waals surface area contributed by atoms with Crippen molar-refractivity contribution in [1.29, 1.82) is 0 Å². The Morgan fingerprint density at radius 3 is 2.89 bits per heavy atom. The minimum Gasteiger partial charge on any atom is -0.385 e. The van der Waals surface area contributed by atoms with E-state index in [1.807, 2.05) is 6.07 Å². The maximum atomic E-state index is 6.24. The summed E-state index contributed by atoms with van der Waals surface area (Å²) in [6, 6.07) is 2.26. The molecule has 0 aliphatic carbocycles. The van der Waals surface area contributed by atoms with Crippen LogP contribution in [0.2, 0.25) is 5.02 Å². The summed E-state index contributed by atoms with van der Waals surface area (Å²) >= 11 is 6.24. The number of nitrogens with one attached hydrogen (secondary N) is 1. The van der Waals surface area contributed by atoms with Gasteiger partial charge >= 0.3 is 0 Å². The summed E-state index contributed by atoms with van der Waals surface area (Å²) in [6.07, 6.45) is 5.62. The van der Waals surface area contributed by atoms with Gasteiger partial charge in [0.15, 0.2) is 0 Å². The number of ether oxygens (including phenoxy) is 1. The van der Waals surface area contributed by atoms with Gasteiger partial charge in [0, 0.05) is 32.2 Å². The monoisotopic (exact) mass is 270 g/mol. The minimum atomic E-state index is 0.260. The average molecular weight is 271 g/mol. The third kappa shape index (κ3) is 4.56. The van der Waals surface area contributed by atoms with Crippen LogP contribution in [-0.4, -0.2) is 25.2 Å². The molecule has 0 aliphatic heterocycles. The number of methoxy groups -OCH3 is 1. The van der Waals surface area contributed by atoms with E-state index in [9.17, 15) is 0 Å². The summed E-state index contributed by atoms with van der Waals surface area (Å²) < 4.78 is 5.16. The van der Waals surface area contributed by atoms with E-state index in [4.69, 9.17) is 16.3 Å². The first-order chi connectivity index (χ1) is 8.70. The van der Waals surface area contributed by atoms with Gasteiger partial charge < -0.3 is 10.1 Å². The molecule has 2 atom stereocenters. The maximum Gasteiger partial charge on any atom is 0.0637 e. The second-order valence-corrected chi connectivity index (χ2v) is 4.99. The number of halogens is 1. The van der Waals surface area contributed by atoms with E-state index < -0.39 is 0 Å². The fourth-order valence-electron chi connectivity index (χ4n) is 2.03. The molecule has 0 fully saturated rings. The first-order valence-corrected chi connectivity index (χ1v) is 6.90. The van der Waals surface area contributed by atoms with Crippen LogP contribution in [0, 0.1) is 5.92 Å². The van der Waals surface area contributed by atoms with Crippen LogP contribution in [0.15, 0.2) is 18.5 Å². The molecule has 4 heteroatoms. The molecule has 0 radical (unpaired) electrons. The number of hydrogen-bond donors (Lipinski definition) is 1. The molecule has 0 bridgehead atoms. The molecule has 1 N–H and O–H groups in total. The smallest absolute Gasteiger partial charge is 0.0637 e. The lowest BCUT2D eigenvalue weighted by Crippen LogP contribution is -2.28. The Bertz CT molecular complexity index is 346. The van der Waals surface area contributed by atoms with Crippen molar-refractivity contribution in [3.05, 3.63) is 29.0 Å². The summed E-state index contributed by atoms with van der Waals surface area (Å²) in [5, 5.41) is 4.30. The van der Waals surface area contributed by atoms with Crippen molar-refractivity contribution in [3.8, 4) is 0 Å². The number of rotatable bonds is 8. The van der Waals surface area contributed by atoms with E-state index in [0.717, 1.165) is 36.6 Å². The Labute approximate surface area is 115 Å². The molecular formula is C14H23ClN2O. The lowest BCUT2D eigenvalue weighted by atomic mass is 9.92. The highest BCUT2D eigenvalue weighted by Crippen LogP contribution is 2.29. The average Bonchev–Trinajstić information content (AvgIpc) is 2.38. The molecule has 0 spiro atoms. The molecule has 1 heterocycles. The molecule has 0 aromatic carbocycles. The predicted molar refractivity (Wildman–Crippen MR) is 75.9 cm³/mol. The second-order valence-electron chi connectivity index (χ2n) is 4.59. The predicted octanol–water partition coefficient (Wildman–Crippen LogP) is 3.45. The van der Waals surface area contributed by atoms with E-state index in [-0.39, 0.29) is 6.04 Å². The van der Waals surface area contributed by atoms with Crippen molar-refractivity contribution >= 4 is 11.6 Å². The molecule has 1 rings (SSSR count). The molecule has 0 amide bonds. The van der Waals surface area contributed by atoms with E-state index in [2.05, 4.69) is 24.1 Å². The van der Waals surface area contributed by atoms with E-state index >= 15 is 0 Å². The molecule has 0 saturated heterocycles. The van der Waals surface area contributed by atoms with Crippen LogP contribution in [0.25, 0.3) is 0 Å². The molecule has 2 unspecified atom stereocenters. The lowest BCUT2D eigenvalue weighted by molar-refractivity contribution is 0.170. The highest BCUT2D eigenvalue weighted by atomic mass is 35.5. The Balaban J connectivity index is 2.80. The Morgan fingerprint density at radius 2 is 2.28 bits per heavy atom. The molecule has 0 saturated carbocycles. The van der Waals surface area contributed by atoms with Crippen molar-refractivity contribution < 1.29 is 4.74 Å². The van der Waals surface area contributed by atoms with Crippen molar-refractivity contribution in [3.63, 3.8) is 0 Å². The normalized spacial score (nSPS) is 14.4. The maximum absolute atomic E-state index is 6.24. The second kappa shape index (κ2) is 8.46. The number of aromatic nitrogens is 1. The molecule has 3 nitrogen and oxygen atoms in total. The summed E-state index contributed by atoms with van der Waals surface area (Å²) in [6.45, 7) is 6.15. The van der Waals surface area contributed by atoms with Crippen molar-refractivity contribution in [2.75, 3.05) is 20.3 Å². The Morgan fingerprint density at radius 1 is 1.50 bits per heavy atom. The van der Waals surface area contributed by atoms with Gasteiger partial charge in [-0.2, -0.15) is 0 Å². The van der Waals surface area contributed by atoms with Crippen molar-refractivity contribution in [2.24, 2.45) is 5.92 Å². The fourth-order valence-corrected chi connectivity index (χ4v) is 2.26. The lowest BCUT2D eigenvalue weighted by Gasteiger charge is -2.26. The number of hydrogen-bond acceptors (Lipinski definition) is 3. The third-order valence-corrected chi connectivity index (χ3v) is 3.42. The highest BCUT2D eigenvalue weighted by Gasteiger charge is 2.20. The summed E-state index contributed by atoms with van der Waals surface area (Å²) in [7, 11) is 1.74. The van der Waals surface area contributed by atoms with Crippen LogP contribution in [0.5, 0.6) is 0 Å². The molecule has 102 valence electrons. The molecule has 0 aliphatic rings. The van der Waals surface area contributed by atoms with Crippen LogP contribution in [0.4, 0.5) is 0 Å².